The van der Waals surface area contributed by atoms with Gasteiger partial charge >= 0.3 is 5.97 Å². The molecule has 0 aliphatic heterocycles. The number of fused-ring (bicyclic) bond motifs is 1. The summed E-state index contributed by atoms with van der Waals surface area (Å²) in [4.78, 5) is 24.3. The van der Waals surface area contributed by atoms with Crippen LogP contribution >= 0.6 is 11.6 Å². The van der Waals surface area contributed by atoms with Gasteiger partial charge in [0.1, 0.15) is 12.2 Å². The Kier molecular flexibility index (Phi) is 5.06. The van der Waals surface area contributed by atoms with Gasteiger partial charge < -0.3 is 14.3 Å². The number of benzene rings is 3. The van der Waals surface area contributed by atoms with E-state index in [9.17, 15) is 9.59 Å². The molecule has 0 fully saturated rings. The molecule has 0 atom stereocenters. The number of hydrogen-bond donors (Lipinski definition) is 1. The highest BCUT2D eigenvalue weighted by Gasteiger charge is 2.18. The summed E-state index contributed by atoms with van der Waals surface area (Å²) in [7, 11) is 0. The summed E-state index contributed by atoms with van der Waals surface area (Å²) in [5.74, 6) is -0.678. The summed E-state index contributed by atoms with van der Waals surface area (Å²) in [6, 6.07) is 20.4. The highest BCUT2D eigenvalue weighted by atomic mass is 35.5. The molecule has 4 aromatic rings. The van der Waals surface area contributed by atoms with Crippen molar-refractivity contribution in [1.82, 2.24) is 0 Å². The number of rotatable bonds is 5. The van der Waals surface area contributed by atoms with Gasteiger partial charge in [0.2, 0.25) is 11.2 Å². The van der Waals surface area contributed by atoms with Crippen molar-refractivity contribution in [2.75, 3.05) is 0 Å². The normalized spacial score (nSPS) is 10.8. The van der Waals surface area contributed by atoms with Crippen LogP contribution in [0.5, 0.6) is 5.75 Å². The van der Waals surface area contributed by atoms with E-state index in [0.29, 0.717) is 32.9 Å². The summed E-state index contributed by atoms with van der Waals surface area (Å²) in [6.45, 7) is 0.0117. The number of ether oxygens (including phenoxy) is 1. The predicted octanol–water partition coefficient (Wildman–Crippen LogP) is 5.39. The van der Waals surface area contributed by atoms with E-state index in [2.05, 4.69) is 0 Å². The fourth-order valence-electron chi connectivity index (χ4n) is 3.01. The van der Waals surface area contributed by atoms with Gasteiger partial charge in [-0.05, 0) is 35.9 Å². The van der Waals surface area contributed by atoms with Crippen molar-refractivity contribution in [2.24, 2.45) is 0 Å². The molecule has 0 spiro atoms. The molecule has 4 rings (SSSR count). The molecule has 3 aromatic carbocycles. The number of aromatic carboxylic acids is 1. The molecule has 0 radical (unpaired) electrons. The van der Waals surface area contributed by atoms with Crippen molar-refractivity contribution in [1.29, 1.82) is 0 Å². The first-order chi connectivity index (χ1) is 14.0. The lowest BCUT2D eigenvalue weighted by molar-refractivity contribution is 0.0696. The number of carboxylic acid groups (broad SMARTS) is 1. The predicted molar refractivity (Wildman–Crippen MR) is 111 cm³/mol. The fourth-order valence-corrected chi connectivity index (χ4v) is 3.18. The Balaban J connectivity index is 1.81. The first kappa shape index (κ1) is 18.8. The van der Waals surface area contributed by atoms with Crippen LogP contribution in [0.25, 0.3) is 22.3 Å². The topological polar surface area (TPSA) is 76.7 Å². The summed E-state index contributed by atoms with van der Waals surface area (Å²) in [5, 5.41) is 9.88. The van der Waals surface area contributed by atoms with Gasteiger partial charge in [-0.15, -0.1) is 0 Å². The average Bonchev–Trinajstić information content (AvgIpc) is 2.74. The van der Waals surface area contributed by atoms with Gasteiger partial charge in [-0.2, -0.15) is 0 Å². The van der Waals surface area contributed by atoms with E-state index in [4.69, 9.17) is 25.9 Å². The lowest BCUT2D eigenvalue weighted by Gasteiger charge is -2.12. The molecule has 1 aromatic heterocycles. The standard InChI is InChI=1S/C23H15ClO5/c24-17-9-10-19-18(12-17)20(25)22(21(29-19)15-6-2-1-3-7-15)28-13-14-5-4-8-16(11-14)23(26)27/h1-12H,13H2,(H,26,27). The second-order valence-electron chi connectivity index (χ2n) is 6.39. The van der Waals surface area contributed by atoms with Crippen LogP contribution in [0, 0.1) is 0 Å². The first-order valence-corrected chi connectivity index (χ1v) is 9.17. The molecule has 1 N–H and O–H groups in total. The number of carbonyl (C=O) groups is 1. The van der Waals surface area contributed by atoms with Crippen LogP contribution < -0.4 is 10.2 Å². The molecule has 0 saturated carbocycles. The third kappa shape index (κ3) is 3.86. The van der Waals surface area contributed by atoms with E-state index in [1.54, 1.807) is 24.3 Å². The summed E-state index contributed by atoms with van der Waals surface area (Å²) < 4.78 is 11.8. The van der Waals surface area contributed by atoms with Crippen molar-refractivity contribution in [3.63, 3.8) is 0 Å². The summed E-state index contributed by atoms with van der Waals surface area (Å²) in [6.07, 6.45) is 0. The number of hydrogen-bond acceptors (Lipinski definition) is 4. The largest absolute Gasteiger partial charge is 0.481 e. The van der Waals surface area contributed by atoms with Crippen LogP contribution in [0.1, 0.15) is 15.9 Å². The van der Waals surface area contributed by atoms with Gasteiger partial charge in [0.25, 0.3) is 0 Å². The van der Waals surface area contributed by atoms with Crippen molar-refractivity contribution in [3.8, 4) is 17.1 Å². The maximum Gasteiger partial charge on any atom is 0.335 e. The van der Waals surface area contributed by atoms with E-state index in [1.807, 2.05) is 30.3 Å². The van der Waals surface area contributed by atoms with E-state index < -0.39 is 5.97 Å². The third-order valence-electron chi connectivity index (χ3n) is 4.40. The molecule has 0 aliphatic rings. The molecule has 1 heterocycles. The molecule has 5 nitrogen and oxygen atoms in total. The molecule has 0 aliphatic carbocycles. The van der Waals surface area contributed by atoms with Crippen molar-refractivity contribution < 1.29 is 19.1 Å². The van der Waals surface area contributed by atoms with Crippen LogP contribution in [0.15, 0.2) is 82.0 Å². The SMILES string of the molecule is O=C(O)c1cccc(COc2c(-c3ccccc3)oc3ccc(Cl)cc3c2=O)c1. The lowest BCUT2D eigenvalue weighted by Crippen LogP contribution is -2.10. The molecule has 0 saturated heterocycles. The van der Waals surface area contributed by atoms with Crippen molar-refractivity contribution in [2.45, 2.75) is 6.61 Å². The monoisotopic (exact) mass is 406 g/mol. The molecule has 0 bridgehead atoms. The molecule has 0 amide bonds. The Morgan fingerprint density at radius 2 is 1.79 bits per heavy atom. The average molecular weight is 407 g/mol. The zero-order valence-electron chi connectivity index (χ0n) is 15.1. The fraction of sp³-hybridized carbons (Fsp3) is 0.0435. The minimum Gasteiger partial charge on any atom is -0.481 e. The molecule has 144 valence electrons. The minimum atomic E-state index is -1.03. The van der Waals surface area contributed by atoms with Crippen molar-refractivity contribution in [3.05, 3.63) is 99.2 Å². The van der Waals surface area contributed by atoms with Crippen LogP contribution in [0.4, 0.5) is 0 Å². The molecule has 29 heavy (non-hydrogen) atoms. The zero-order valence-corrected chi connectivity index (χ0v) is 15.8. The first-order valence-electron chi connectivity index (χ1n) is 8.80. The van der Waals surface area contributed by atoms with Gasteiger partial charge in [0.15, 0.2) is 5.76 Å². The maximum atomic E-state index is 13.1. The minimum absolute atomic E-state index is 0.0117. The van der Waals surface area contributed by atoms with Crippen LogP contribution in [-0.4, -0.2) is 11.1 Å². The van der Waals surface area contributed by atoms with E-state index in [-0.39, 0.29) is 23.3 Å². The zero-order chi connectivity index (χ0) is 20.4. The molecular weight excluding hydrogens is 392 g/mol. The maximum absolute atomic E-state index is 13.1. The second-order valence-corrected chi connectivity index (χ2v) is 6.83. The van der Waals surface area contributed by atoms with Gasteiger partial charge in [-0.25, -0.2) is 4.79 Å². The molecule has 6 heteroatoms. The van der Waals surface area contributed by atoms with E-state index in [1.165, 1.54) is 18.2 Å². The molecule has 0 unspecified atom stereocenters. The van der Waals surface area contributed by atoms with Crippen LogP contribution in [0.2, 0.25) is 5.02 Å². The highest BCUT2D eigenvalue weighted by Crippen LogP contribution is 2.32. The Labute approximate surface area is 170 Å². The van der Waals surface area contributed by atoms with Gasteiger partial charge in [-0.1, -0.05) is 54.1 Å². The van der Waals surface area contributed by atoms with Crippen molar-refractivity contribution >= 4 is 28.5 Å². The van der Waals surface area contributed by atoms with E-state index >= 15 is 0 Å². The van der Waals surface area contributed by atoms with Gasteiger partial charge in [0.05, 0.1) is 10.9 Å². The van der Waals surface area contributed by atoms with Gasteiger partial charge in [0, 0.05) is 10.6 Å². The summed E-state index contributed by atoms with van der Waals surface area (Å²) >= 11 is 6.04. The lowest BCUT2D eigenvalue weighted by atomic mass is 10.1. The van der Waals surface area contributed by atoms with E-state index in [0.717, 1.165) is 0 Å². The number of halogens is 1. The Morgan fingerprint density at radius 1 is 1.00 bits per heavy atom. The smallest absolute Gasteiger partial charge is 0.335 e. The molecular formula is C23H15ClO5. The Bertz CT molecular complexity index is 1260. The van der Waals surface area contributed by atoms with Gasteiger partial charge in [-0.3, -0.25) is 4.79 Å². The second kappa shape index (κ2) is 7.81. The number of carboxylic acids is 1. The van der Waals surface area contributed by atoms with Crippen LogP contribution in [0.3, 0.4) is 0 Å². The quantitative estimate of drug-likeness (QED) is 0.480. The Hall–Kier alpha value is -3.57. The van der Waals surface area contributed by atoms with Crippen LogP contribution in [-0.2, 0) is 6.61 Å². The summed E-state index contributed by atoms with van der Waals surface area (Å²) in [5.41, 5.74) is 1.51. The Morgan fingerprint density at radius 3 is 2.55 bits per heavy atom. The third-order valence-corrected chi connectivity index (χ3v) is 4.64. The highest BCUT2D eigenvalue weighted by molar-refractivity contribution is 6.31.